The lowest BCUT2D eigenvalue weighted by molar-refractivity contribution is -0.340. The predicted molar refractivity (Wildman–Crippen MR) is 78.5 cm³/mol. The van der Waals surface area contributed by atoms with Crippen LogP contribution in [0.5, 0.6) is 0 Å². The van der Waals surface area contributed by atoms with Crippen LogP contribution in [0.4, 0.5) is 0 Å². The third-order valence-corrected chi connectivity index (χ3v) is 4.50. The van der Waals surface area contributed by atoms with Crippen LogP contribution in [-0.4, -0.2) is 65.7 Å². The molecule has 1 aliphatic rings. The van der Waals surface area contributed by atoms with E-state index in [2.05, 4.69) is 0 Å². The molecule has 1 aromatic rings. The summed E-state index contributed by atoms with van der Waals surface area (Å²) in [4.78, 5) is 0. The second-order valence-corrected chi connectivity index (χ2v) is 6.90. The summed E-state index contributed by atoms with van der Waals surface area (Å²) in [6.07, 6.45) is -6.59. The molecule has 1 aromatic carbocycles. The van der Waals surface area contributed by atoms with Gasteiger partial charge in [0.2, 0.25) is 0 Å². The van der Waals surface area contributed by atoms with Crippen molar-refractivity contribution in [1.29, 1.82) is 0 Å². The van der Waals surface area contributed by atoms with Gasteiger partial charge in [0.1, 0.15) is 30.1 Å². The van der Waals surface area contributed by atoms with Crippen molar-refractivity contribution in [1.82, 2.24) is 0 Å². The topological polar surface area (TPSA) is 134 Å². The SMILES string of the molecule is [2H]C(c1ccccc1)S(=O)(=O)OC[C@H]1OC(C)(O)[C@H](O)[C@@H](O)[C@@H]1O. The standard InChI is InChI=1S/C14H20O8S/c1-14(18)13(17)12(16)11(15)10(22-14)7-21-23(19,20)8-9-5-3-2-4-6-9/h2-6,10-13,15-18H,7-8H2,1H3/t10-,11-,12+,13-,14?/m1/s1/i8D/t8?,10-,11-,12+,13-,14?. The smallest absolute Gasteiger partial charge is 0.271 e. The van der Waals surface area contributed by atoms with Crippen LogP contribution in [0.15, 0.2) is 30.3 Å². The van der Waals surface area contributed by atoms with E-state index in [1.165, 1.54) is 12.1 Å². The minimum Gasteiger partial charge on any atom is -0.387 e. The van der Waals surface area contributed by atoms with Gasteiger partial charge >= 0.3 is 0 Å². The van der Waals surface area contributed by atoms with E-state index < -0.39 is 52.7 Å². The number of aliphatic hydroxyl groups excluding tert-OH is 3. The fourth-order valence-corrected chi connectivity index (χ4v) is 3.08. The molecule has 1 saturated heterocycles. The van der Waals surface area contributed by atoms with Gasteiger partial charge in [-0.05, 0) is 12.5 Å². The Morgan fingerprint density at radius 2 is 1.87 bits per heavy atom. The molecule has 0 aliphatic carbocycles. The van der Waals surface area contributed by atoms with E-state index >= 15 is 0 Å². The summed E-state index contributed by atoms with van der Waals surface area (Å²) in [7, 11) is -4.35. The molecular weight excluding hydrogens is 328 g/mol. The minimum absolute atomic E-state index is 0.199. The first-order valence-electron chi connectivity index (χ1n) is 7.44. The van der Waals surface area contributed by atoms with Gasteiger partial charge in [0, 0.05) is 0 Å². The van der Waals surface area contributed by atoms with Crippen LogP contribution in [0.1, 0.15) is 13.9 Å². The predicted octanol–water partition coefficient (Wildman–Crippen LogP) is -1.28. The quantitative estimate of drug-likeness (QED) is 0.483. The van der Waals surface area contributed by atoms with Gasteiger partial charge < -0.3 is 25.2 Å². The highest BCUT2D eigenvalue weighted by molar-refractivity contribution is 7.85. The summed E-state index contributed by atoms with van der Waals surface area (Å²) in [6, 6.07) is 7.74. The Kier molecular flexibility index (Phi) is 4.97. The molecule has 9 heteroatoms. The molecule has 1 fully saturated rings. The Morgan fingerprint density at radius 3 is 2.48 bits per heavy atom. The molecule has 4 N–H and O–H groups in total. The summed E-state index contributed by atoms with van der Waals surface area (Å²) in [5.41, 5.74) is -1.50. The van der Waals surface area contributed by atoms with Crippen molar-refractivity contribution in [3.63, 3.8) is 0 Å². The van der Waals surface area contributed by atoms with E-state index in [9.17, 15) is 28.8 Å². The van der Waals surface area contributed by atoms with Crippen molar-refractivity contribution in [3.05, 3.63) is 35.9 Å². The molecule has 0 amide bonds. The lowest BCUT2D eigenvalue weighted by Gasteiger charge is -2.43. The van der Waals surface area contributed by atoms with Gasteiger partial charge in [0.05, 0.1) is 7.98 Å². The summed E-state index contributed by atoms with van der Waals surface area (Å²) >= 11 is 0. The fraction of sp³-hybridized carbons (Fsp3) is 0.571. The molecule has 0 aromatic heterocycles. The number of ether oxygens (including phenoxy) is 1. The van der Waals surface area contributed by atoms with Crippen molar-refractivity contribution in [2.45, 2.75) is 42.9 Å². The summed E-state index contributed by atoms with van der Waals surface area (Å²) < 4.78 is 41.6. The molecule has 1 heterocycles. The van der Waals surface area contributed by atoms with Crippen molar-refractivity contribution in [2.24, 2.45) is 0 Å². The Bertz CT molecular complexity index is 650. The van der Waals surface area contributed by atoms with E-state index in [4.69, 9.17) is 10.3 Å². The first-order valence-corrected chi connectivity index (χ1v) is 8.33. The van der Waals surface area contributed by atoms with E-state index in [-0.39, 0.29) is 5.56 Å². The van der Waals surface area contributed by atoms with Crippen molar-refractivity contribution in [3.8, 4) is 0 Å². The van der Waals surface area contributed by atoms with Gasteiger partial charge in [-0.25, -0.2) is 0 Å². The molecular formula is C14H20O8S. The van der Waals surface area contributed by atoms with E-state index in [0.717, 1.165) is 6.92 Å². The van der Waals surface area contributed by atoms with Crippen LogP contribution >= 0.6 is 0 Å². The third-order valence-electron chi connectivity index (χ3n) is 3.47. The summed E-state index contributed by atoms with van der Waals surface area (Å²) in [6.45, 7) is 0.331. The number of rotatable bonds is 5. The van der Waals surface area contributed by atoms with Crippen LogP contribution in [0, 0.1) is 0 Å². The molecule has 6 atom stereocenters. The molecule has 0 saturated carbocycles. The second-order valence-electron chi connectivity index (χ2n) is 5.44. The average molecular weight is 349 g/mol. The second kappa shape index (κ2) is 6.81. The first kappa shape index (κ1) is 16.8. The maximum atomic E-state index is 12.1. The highest BCUT2D eigenvalue weighted by atomic mass is 32.2. The van der Waals surface area contributed by atoms with E-state index in [0.29, 0.717) is 0 Å². The van der Waals surface area contributed by atoms with Crippen LogP contribution in [0.25, 0.3) is 0 Å². The first-order chi connectivity index (χ1) is 11.1. The molecule has 23 heavy (non-hydrogen) atoms. The molecule has 1 aliphatic heterocycles. The maximum Gasteiger partial charge on any atom is 0.271 e. The van der Waals surface area contributed by atoms with Crippen molar-refractivity contribution >= 4 is 10.1 Å². The fourth-order valence-electron chi connectivity index (χ4n) is 2.20. The van der Waals surface area contributed by atoms with E-state index in [1.807, 2.05) is 0 Å². The molecule has 130 valence electrons. The zero-order chi connectivity index (χ0) is 18.1. The number of benzene rings is 1. The van der Waals surface area contributed by atoms with Gasteiger partial charge in [0.25, 0.3) is 10.1 Å². The highest BCUT2D eigenvalue weighted by Crippen LogP contribution is 2.28. The lowest BCUT2D eigenvalue weighted by atomic mass is 9.94. The van der Waals surface area contributed by atoms with E-state index in [1.54, 1.807) is 18.2 Å². The summed E-state index contributed by atoms with van der Waals surface area (Å²) in [5, 5.41) is 38.9. The Morgan fingerprint density at radius 1 is 1.26 bits per heavy atom. The van der Waals surface area contributed by atoms with Crippen LogP contribution in [0.2, 0.25) is 0 Å². The van der Waals surface area contributed by atoms with Gasteiger partial charge in [-0.3, -0.25) is 4.18 Å². The van der Waals surface area contributed by atoms with Crippen molar-refractivity contribution < 1.29 is 39.1 Å². The van der Waals surface area contributed by atoms with Gasteiger partial charge in [-0.1, -0.05) is 30.3 Å². The molecule has 2 unspecified atom stereocenters. The summed E-state index contributed by atoms with van der Waals surface area (Å²) in [5.74, 6) is -2.18. The van der Waals surface area contributed by atoms with Crippen LogP contribution in [0.3, 0.4) is 0 Å². The van der Waals surface area contributed by atoms with Crippen LogP contribution < -0.4 is 0 Å². The molecule has 0 radical (unpaired) electrons. The Hall–Kier alpha value is -1.07. The Labute approximate surface area is 135 Å². The molecule has 0 bridgehead atoms. The molecule has 8 nitrogen and oxygen atoms in total. The maximum absolute atomic E-state index is 12.1. The zero-order valence-electron chi connectivity index (χ0n) is 13.3. The van der Waals surface area contributed by atoms with Gasteiger partial charge in [-0.2, -0.15) is 8.42 Å². The van der Waals surface area contributed by atoms with Gasteiger partial charge in [-0.15, -0.1) is 0 Å². The zero-order valence-corrected chi connectivity index (χ0v) is 13.1. The number of hydrogen-bond acceptors (Lipinski definition) is 8. The number of hydrogen-bond donors (Lipinski definition) is 4. The molecule has 2 rings (SSSR count). The minimum atomic E-state index is -4.35. The highest BCUT2D eigenvalue weighted by Gasteiger charge is 2.50. The Balaban J connectivity index is 2.06. The van der Waals surface area contributed by atoms with Crippen molar-refractivity contribution in [2.75, 3.05) is 6.61 Å². The average Bonchev–Trinajstić information content (AvgIpc) is 2.55. The monoisotopic (exact) mass is 349 g/mol. The lowest BCUT2D eigenvalue weighted by Crippen LogP contribution is -2.64. The normalized spacial score (nSPS) is 37.2. The molecule has 0 spiro atoms. The van der Waals surface area contributed by atoms with Gasteiger partial charge in [0.15, 0.2) is 5.79 Å². The largest absolute Gasteiger partial charge is 0.387 e. The third kappa shape index (κ3) is 4.48. The number of aliphatic hydroxyl groups is 4. The van der Waals surface area contributed by atoms with Crippen LogP contribution in [-0.2, 0) is 24.8 Å².